The van der Waals surface area contributed by atoms with E-state index in [0.717, 1.165) is 40.5 Å². The number of aromatic nitrogens is 2. The van der Waals surface area contributed by atoms with Crippen molar-refractivity contribution in [1.29, 1.82) is 0 Å². The lowest BCUT2D eigenvalue weighted by molar-refractivity contribution is 0.819. The third kappa shape index (κ3) is 4.51. The molecule has 0 fully saturated rings. The summed E-state index contributed by atoms with van der Waals surface area (Å²) < 4.78 is 0. The molecule has 120 valence electrons. The Balaban J connectivity index is 2.01. The Hall–Kier alpha value is -1.47. The molecule has 0 saturated heterocycles. The Kier molecular flexibility index (Phi) is 5.90. The topological polar surface area (TPSA) is 62.2 Å². The van der Waals surface area contributed by atoms with E-state index in [1.807, 2.05) is 27.7 Å². The van der Waals surface area contributed by atoms with Crippen molar-refractivity contribution in [1.82, 2.24) is 20.6 Å². The summed E-state index contributed by atoms with van der Waals surface area (Å²) in [6.07, 6.45) is 0. The molecule has 0 saturated carbocycles. The molecule has 2 aromatic heterocycles. The van der Waals surface area contributed by atoms with E-state index in [1.165, 1.54) is 9.75 Å². The number of hydrogen-bond donors (Lipinski definition) is 2. The summed E-state index contributed by atoms with van der Waals surface area (Å²) in [5, 5.41) is 8.86. The Morgan fingerprint density at radius 1 is 0.955 bits per heavy atom. The summed E-state index contributed by atoms with van der Waals surface area (Å²) in [6.45, 7) is 12.5. The average molecular weight is 338 g/mol. The quantitative estimate of drug-likeness (QED) is 0.650. The van der Waals surface area contributed by atoms with E-state index < -0.39 is 0 Å². The minimum Gasteiger partial charge on any atom is -0.357 e. The second-order valence-corrected chi connectivity index (χ2v) is 7.61. The molecule has 2 heterocycles. The van der Waals surface area contributed by atoms with Gasteiger partial charge in [-0.05, 0) is 34.6 Å². The normalized spacial score (nSPS) is 11.8. The molecule has 2 rings (SSSR count). The SMILES string of the molecule is CCNC(=NCc1sc(C)nc1C)NCc1sc(C)nc1C. The maximum Gasteiger partial charge on any atom is 0.191 e. The van der Waals surface area contributed by atoms with Crippen molar-refractivity contribution < 1.29 is 0 Å². The van der Waals surface area contributed by atoms with Crippen LogP contribution in [0.5, 0.6) is 0 Å². The van der Waals surface area contributed by atoms with Crippen molar-refractivity contribution in [3.63, 3.8) is 0 Å². The molecule has 0 spiro atoms. The van der Waals surface area contributed by atoms with Gasteiger partial charge in [-0.2, -0.15) is 0 Å². The predicted molar refractivity (Wildman–Crippen MR) is 94.8 cm³/mol. The number of hydrogen-bond acceptors (Lipinski definition) is 5. The summed E-state index contributed by atoms with van der Waals surface area (Å²) in [4.78, 5) is 16.0. The van der Waals surface area contributed by atoms with Crippen LogP contribution in [-0.2, 0) is 13.1 Å². The third-order valence-corrected chi connectivity index (χ3v) is 5.27. The molecule has 5 nitrogen and oxygen atoms in total. The van der Waals surface area contributed by atoms with Crippen LogP contribution in [0.25, 0.3) is 0 Å². The molecule has 0 amide bonds. The van der Waals surface area contributed by atoms with Gasteiger partial charge < -0.3 is 10.6 Å². The van der Waals surface area contributed by atoms with Crippen LogP contribution in [0, 0.1) is 27.7 Å². The molecule has 0 unspecified atom stereocenters. The monoisotopic (exact) mass is 337 g/mol. The molecule has 2 N–H and O–H groups in total. The van der Waals surface area contributed by atoms with E-state index in [-0.39, 0.29) is 0 Å². The van der Waals surface area contributed by atoms with Gasteiger partial charge in [-0.1, -0.05) is 0 Å². The number of aryl methyl sites for hydroxylation is 4. The number of guanidine groups is 1. The molecule has 0 aromatic carbocycles. The van der Waals surface area contributed by atoms with Crippen LogP contribution in [0.15, 0.2) is 4.99 Å². The molecule has 0 radical (unpaired) electrons. The number of rotatable bonds is 5. The highest BCUT2D eigenvalue weighted by atomic mass is 32.1. The van der Waals surface area contributed by atoms with Crippen LogP contribution in [0.3, 0.4) is 0 Å². The first-order valence-electron chi connectivity index (χ1n) is 7.37. The highest BCUT2D eigenvalue weighted by Gasteiger charge is 2.07. The van der Waals surface area contributed by atoms with Crippen LogP contribution in [0.2, 0.25) is 0 Å². The average Bonchev–Trinajstić information content (AvgIpc) is 2.94. The fraction of sp³-hybridized carbons (Fsp3) is 0.533. The molecule has 0 aliphatic carbocycles. The zero-order chi connectivity index (χ0) is 16.1. The number of aliphatic imine (C=N–C) groups is 1. The highest BCUT2D eigenvalue weighted by molar-refractivity contribution is 7.11. The Bertz CT molecular complexity index is 657. The van der Waals surface area contributed by atoms with Crippen LogP contribution in [0.1, 0.15) is 38.1 Å². The molecule has 7 heteroatoms. The summed E-state index contributed by atoms with van der Waals surface area (Å²) in [5.74, 6) is 0.832. The van der Waals surface area contributed by atoms with Gasteiger partial charge in [0.15, 0.2) is 5.96 Å². The van der Waals surface area contributed by atoms with Gasteiger partial charge in [0.05, 0.1) is 34.5 Å². The first-order valence-corrected chi connectivity index (χ1v) is 9.01. The van der Waals surface area contributed by atoms with E-state index in [1.54, 1.807) is 22.7 Å². The summed E-state index contributed by atoms with van der Waals surface area (Å²) in [7, 11) is 0. The first-order chi connectivity index (χ1) is 10.5. The van der Waals surface area contributed by atoms with Crippen LogP contribution in [0.4, 0.5) is 0 Å². The Labute approximate surface area is 139 Å². The van der Waals surface area contributed by atoms with E-state index >= 15 is 0 Å². The Morgan fingerprint density at radius 2 is 1.55 bits per heavy atom. The molecule has 0 bridgehead atoms. The number of thiazole rings is 2. The Morgan fingerprint density at radius 3 is 2.05 bits per heavy atom. The van der Waals surface area contributed by atoms with Gasteiger partial charge in [-0.3, -0.25) is 0 Å². The maximum absolute atomic E-state index is 4.66. The smallest absolute Gasteiger partial charge is 0.191 e. The zero-order valence-corrected chi connectivity index (χ0v) is 15.4. The van der Waals surface area contributed by atoms with Crippen molar-refractivity contribution in [3.8, 4) is 0 Å². The second-order valence-electron chi connectivity index (χ2n) is 5.03. The van der Waals surface area contributed by atoms with Crippen molar-refractivity contribution in [3.05, 3.63) is 31.2 Å². The maximum atomic E-state index is 4.66. The van der Waals surface area contributed by atoms with E-state index in [0.29, 0.717) is 6.54 Å². The molecule has 0 atom stereocenters. The molecule has 0 aliphatic heterocycles. The van der Waals surface area contributed by atoms with Crippen molar-refractivity contribution in [2.45, 2.75) is 47.7 Å². The summed E-state index contributed by atoms with van der Waals surface area (Å²) in [5.41, 5.74) is 2.18. The van der Waals surface area contributed by atoms with E-state index in [9.17, 15) is 0 Å². The largest absolute Gasteiger partial charge is 0.357 e. The van der Waals surface area contributed by atoms with Gasteiger partial charge >= 0.3 is 0 Å². The van der Waals surface area contributed by atoms with Gasteiger partial charge in [0, 0.05) is 16.3 Å². The molecular formula is C15H23N5S2. The lowest BCUT2D eigenvalue weighted by atomic mass is 10.4. The van der Waals surface area contributed by atoms with E-state index in [2.05, 4.69) is 32.5 Å². The van der Waals surface area contributed by atoms with Gasteiger partial charge in [0.2, 0.25) is 0 Å². The predicted octanol–water partition coefficient (Wildman–Crippen LogP) is 3.09. The highest BCUT2D eigenvalue weighted by Crippen LogP contribution is 2.18. The van der Waals surface area contributed by atoms with Crippen molar-refractivity contribution in [2.24, 2.45) is 4.99 Å². The molecule has 0 aliphatic rings. The molecule has 2 aromatic rings. The minimum absolute atomic E-state index is 0.660. The molecular weight excluding hydrogens is 314 g/mol. The third-order valence-electron chi connectivity index (χ3n) is 3.14. The second kappa shape index (κ2) is 7.69. The number of nitrogens with zero attached hydrogens (tertiary/aromatic N) is 3. The van der Waals surface area contributed by atoms with E-state index in [4.69, 9.17) is 0 Å². The lowest BCUT2D eigenvalue weighted by Gasteiger charge is -2.10. The molecule has 22 heavy (non-hydrogen) atoms. The summed E-state index contributed by atoms with van der Waals surface area (Å²) >= 11 is 3.44. The van der Waals surface area contributed by atoms with Crippen molar-refractivity contribution in [2.75, 3.05) is 6.54 Å². The van der Waals surface area contributed by atoms with Gasteiger partial charge in [-0.25, -0.2) is 15.0 Å². The minimum atomic E-state index is 0.660. The fourth-order valence-electron chi connectivity index (χ4n) is 2.11. The van der Waals surface area contributed by atoms with Crippen LogP contribution >= 0.6 is 22.7 Å². The van der Waals surface area contributed by atoms with Crippen LogP contribution < -0.4 is 10.6 Å². The fourth-order valence-corrected chi connectivity index (χ4v) is 3.85. The van der Waals surface area contributed by atoms with Gasteiger partial charge in [-0.15, -0.1) is 22.7 Å². The zero-order valence-electron chi connectivity index (χ0n) is 13.8. The number of nitrogens with one attached hydrogen (secondary N) is 2. The first kappa shape index (κ1) is 16.9. The van der Waals surface area contributed by atoms with Crippen LogP contribution in [-0.4, -0.2) is 22.5 Å². The van der Waals surface area contributed by atoms with Gasteiger partial charge in [0.25, 0.3) is 0 Å². The van der Waals surface area contributed by atoms with Gasteiger partial charge in [0.1, 0.15) is 0 Å². The summed E-state index contributed by atoms with van der Waals surface area (Å²) in [6, 6.07) is 0. The van der Waals surface area contributed by atoms with Crippen molar-refractivity contribution >= 4 is 28.6 Å². The standard InChI is InChI=1S/C15H23N5S2/c1-6-16-15(17-7-13-9(2)19-11(4)21-13)18-8-14-10(3)20-12(5)22-14/h6-8H2,1-5H3,(H2,16,17,18). The lowest BCUT2D eigenvalue weighted by Crippen LogP contribution is -2.36.